The van der Waals surface area contributed by atoms with Crippen LogP contribution < -0.4 is 11.1 Å². The van der Waals surface area contributed by atoms with E-state index in [2.05, 4.69) is 15.5 Å². The summed E-state index contributed by atoms with van der Waals surface area (Å²) in [7, 11) is 1.86. The van der Waals surface area contributed by atoms with Gasteiger partial charge < -0.3 is 15.6 Å². The fraction of sp³-hybridized carbons (Fsp3) is 0.176. The SMILES string of the molecule is Cc1ccc(-c2nnc(SCC(=O)Nc3sccc3C(N)=O)n2C)cc1. The Hall–Kier alpha value is -2.65. The van der Waals surface area contributed by atoms with Gasteiger partial charge >= 0.3 is 0 Å². The number of hydrogen-bond donors (Lipinski definition) is 2. The number of anilines is 1. The summed E-state index contributed by atoms with van der Waals surface area (Å²) in [6.45, 7) is 2.03. The lowest BCUT2D eigenvalue weighted by Gasteiger charge is -2.05. The van der Waals surface area contributed by atoms with Gasteiger partial charge in [0.1, 0.15) is 5.00 Å². The maximum Gasteiger partial charge on any atom is 0.251 e. The zero-order valence-corrected chi connectivity index (χ0v) is 15.9. The van der Waals surface area contributed by atoms with Gasteiger partial charge in [-0.15, -0.1) is 21.5 Å². The molecule has 0 bridgehead atoms. The fourth-order valence-electron chi connectivity index (χ4n) is 2.29. The second-order valence-electron chi connectivity index (χ2n) is 5.60. The predicted octanol–water partition coefficient (Wildman–Crippen LogP) is 2.68. The van der Waals surface area contributed by atoms with Gasteiger partial charge in [0.15, 0.2) is 11.0 Å². The Labute approximate surface area is 158 Å². The molecule has 0 unspecified atom stereocenters. The number of nitrogens with zero attached hydrogens (tertiary/aromatic N) is 3. The average Bonchev–Trinajstić information content (AvgIpc) is 3.21. The number of hydrogen-bond acceptors (Lipinski definition) is 6. The van der Waals surface area contributed by atoms with Crippen LogP contribution in [0.15, 0.2) is 40.9 Å². The highest BCUT2D eigenvalue weighted by atomic mass is 32.2. The van der Waals surface area contributed by atoms with Crippen LogP contribution in [0.4, 0.5) is 5.00 Å². The van der Waals surface area contributed by atoms with Crippen LogP contribution in [0, 0.1) is 6.92 Å². The fourth-order valence-corrected chi connectivity index (χ4v) is 3.81. The molecule has 2 aromatic heterocycles. The minimum atomic E-state index is -0.565. The van der Waals surface area contributed by atoms with E-state index < -0.39 is 5.91 Å². The Morgan fingerprint density at radius 3 is 2.65 bits per heavy atom. The van der Waals surface area contributed by atoms with Crippen molar-refractivity contribution in [2.75, 3.05) is 11.1 Å². The van der Waals surface area contributed by atoms with Crippen molar-refractivity contribution < 1.29 is 9.59 Å². The number of aromatic nitrogens is 3. The Kier molecular flexibility index (Phi) is 5.38. The second-order valence-corrected chi connectivity index (χ2v) is 7.45. The normalized spacial score (nSPS) is 10.7. The Morgan fingerprint density at radius 1 is 1.23 bits per heavy atom. The van der Waals surface area contributed by atoms with Gasteiger partial charge in [0, 0.05) is 12.6 Å². The molecule has 3 rings (SSSR count). The molecule has 7 nitrogen and oxygen atoms in total. The minimum Gasteiger partial charge on any atom is -0.366 e. The van der Waals surface area contributed by atoms with Crippen LogP contribution in [0.5, 0.6) is 0 Å². The molecule has 9 heteroatoms. The number of benzene rings is 1. The van der Waals surface area contributed by atoms with Crippen molar-refractivity contribution in [1.29, 1.82) is 0 Å². The van der Waals surface area contributed by atoms with Crippen molar-refractivity contribution in [3.05, 3.63) is 46.8 Å². The number of nitrogens with two attached hydrogens (primary N) is 1. The molecule has 3 aromatic rings. The molecule has 0 aliphatic rings. The molecular formula is C17H17N5O2S2. The van der Waals surface area contributed by atoms with Crippen LogP contribution in [0.2, 0.25) is 0 Å². The summed E-state index contributed by atoms with van der Waals surface area (Å²) >= 11 is 2.53. The molecule has 0 radical (unpaired) electrons. The summed E-state index contributed by atoms with van der Waals surface area (Å²) in [5, 5.41) is 13.9. The third-order valence-electron chi connectivity index (χ3n) is 3.66. The highest BCUT2D eigenvalue weighted by Gasteiger charge is 2.15. The van der Waals surface area contributed by atoms with E-state index in [4.69, 9.17) is 5.73 Å². The summed E-state index contributed by atoms with van der Waals surface area (Å²) < 4.78 is 1.85. The predicted molar refractivity (Wildman–Crippen MR) is 103 cm³/mol. The largest absolute Gasteiger partial charge is 0.366 e. The Morgan fingerprint density at radius 2 is 1.96 bits per heavy atom. The second kappa shape index (κ2) is 7.71. The van der Waals surface area contributed by atoms with E-state index in [1.54, 1.807) is 11.4 Å². The van der Waals surface area contributed by atoms with Gasteiger partial charge in [-0.2, -0.15) is 0 Å². The number of nitrogens with one attached hydrogen (secondary N) is 1. The molecule has 26 heavy (non-hydrogen) atoms. The molecule has 0 aliphatic heterocycles. The number of carbonyl (C=O) groups excluding carboxylic acids is 2. The summed E-state index contributed by atoms with van der Waals surface area (Å²) in [5.41, 5.74) is 7.73. The molecule has 2 heterocycles. The van der Waals surface area contributed by atoms with Crippen LogP contribution in [0.1, 0.15) is 15.9 Å². The summed E-state index contributed by atoms with van der Waals surface area (Å²) in [4.78, 5) is 23.4. The molecule has 0 aliphatic carbocycles. The third-order valence-corrected chi connectivity index (χ3v) is 5.51. The molecule has 0 fully saturated rings. The number of carbonyl (C=O) groups is 2. The number of amides is 2. The lowest BCUT2D eigenvalue weighted by molar-refractivity contribution is -0.113. The van der Waals surface area contributed by atoms with Crippen LogP contribution >= 0.6 is 23.1 Å². The number of rotatable bonds is 6. The molecular weight excluding hydrogens is 370 g/mol. The molecule has 0 atom stereocenters. The summed E-state index contributed by atoms with van der Waals surface area (Å²) in [5.74, 6) is 0.0861. The van der Waals surface area contributed by atoms with Crippen molar-refractivity contribution in [3.63, 3.8) is 0 Å². The summed E-state index contributed by atoms with van der Waals surface area (Å²) in [6.07, 6.45) is 0. The van der Waals surface area contributed by atoms with E-state index in [1.807, 2.05) is 42.8 Å². The van der Waals surface area contributed by atoms with Crippen LogP contribution in [-0.2, 0) is 11.8 Å². The van der Waals surface area contributed by atoms with Crippen molar-refractivity contribution in [2.45, 2.75) is 12.1 Å². The van der Waals surface area contributed by atoms with Gasteiger partial charge in [0.2, 0.25) is 5.91 Å². The molecule has 0 saturated heterocycles. The van der Waals surface area contributed by atoms with E-state index in [0.29, 0.717) is 15.7 Å². The average molecular weight is 387 g/mol. The van der Waals surface area contributed by atoms with Gasteiger partial charge in [-0.1, -0.05) is 41.6 Å². The molecule has 1 aromatic carbocycles. The molecule has 134 valence electrons. The first-order chi connectivity index (χ1) is 12.5. The van der Waals surface area contributed by atoms with Crippen molar-refractivity contribution in [3.8, 4) is 11.4 Å². The number of aryl methyl sites for hydroxylation is 1. The van der Waals surface area contributed by atoms with Gasteiger partial charge in [-0.05, 0) is 18.4 Å². The van der Waals surface area contributed by atoms with Gasteiger partial charge in [0.05, 0.1) is 11.3 Å². The smallest absolute Gasteiger partial charge is 0.251 e. The van der Waals surface area contributed by atoms with E-state index in [1.165, 1.54) is 28.7 Å². The monoisotopic (exact) mass is 387 g/mol. The first kappa shape index (κ1) is 18.2. The lowest BCUT2D eigenvalue weighted by atomic mass is 10.1. The quantitative estimate of drug-likeness (QED) is 0.633. The number of primary amides is 1. The first-order valence-electron chi connectivity index (χ1n) is 7.72. The van der Waals surface area contributed by atoms with E-state index in [9.17, 15) is 9.59 Å². The van der Waals surface area contributed by atoms with E-state index in [-0.39, 0.29) is 11.7 Å². The first-order valence-corrected chi connectivity index (χ1v) is 9.58. The number of thioether (sulfide) groups is 1. The van der Waals surface area contributed by atoms with Gasteiger partial charge in [-0.3, -0.25) is 9.59 Å². The van der Waals surface area contributed by atoms with Gasteiger partial charge in [-0.25, -0.2) is 0 Å². The highest BCUT2D eigenvalue weighted by Crippen LogP contribution is 2.25. The van der Waals surface area contributed by atoms with Crippen LogP contribution in [0.3, 0.4) is 0 Å². The van der Waals surface area contributed by atoms with Crippen molar-refractivity contribution >= 4 is 39.9 Å². The maximum absolute atomic E-state index is 12.1. The maximum atomic E-state index is 12.1. The molecule has 0 spiro atoms. The molecule has 0 saturated carbocycles. The van der Waals surface area contributed by atoms with E-state index in [0.717, 1.165) is 11.4 Å². The number of thiophene rings is 1. The standard InChI is InChI=1S/C17H17N5O2S2/c1-10-3-5-11(6-4-10)15-20-21-17(22(15)2)26-9-13(23)19-16-12(14(18)24)7-8-25-16/h3-8H,9H2,1-2H3,(H2,18,24)(H,19,23). The third kappa shape index (κ3) is 3.94. The van der Waals surface area contributed by atoms with Crippen molar-refractivity contribution in [1.82, 2.24) is 14.8 Å². The van der Waals surface area contributed by atoms with Crippen LogP contribution in [-0.4, -0.2) is 32.3 Å². The Balaban J connectivity index is 1.65. The minimum absolute atomic E-state index is 0.149. The zero-order chi connectivity index (χ0) is 18.7. The van der Waals surface area contributed by atoms with Crippen LogP contribution in [0.25, 0.3) is 11.4 Å². The molecule has 2 amide bonds. The zero-order valence-electron chi connectivity index (χ0n) is 14.2. The topological polar surface area (TPSA) is 103 Å². The van der Waals surface area contributed by atoms with E-state index >= 15 is 0 Å². The summed E-state index contributed by atoms with van der Waals surface area (Å²) in [6, 6.07) is 9.60. The van der Waals surface area contributed by atoms with Gasteiger partial charge in [0.25, 0.3) is 5.91 Å². The lowest BCUT2D eigenvalue weighted by Crippen LogP contribution is -2.18. The highest BCUT2D eigenvalue weighted by molar-refractivity contribution is 7.99. The van der Waals surface area contributed by atoms with Crippen molar-refractivity contribution in [2.24, 2.45) is 12.8 Å². The molecule has 3 N–H and O–H groups in total. The Bertz CT molecular complexity index is 946.